The van der Waals surface area contributed by atoms with Crippen molar-refractivity contribution in [3.05, 3.63) is 23.8 Å². The summed E-state index contributed by atoms with van der Waals surface area (Å²) in [6.07, 6.45) is 4.33. The predicted molar refractivity (Wildman–Crippen MR) is 81.2 cm³/mol. The van der Waals surface area contributed by atoms with E-state index in [0.29, 0.717) is 19.0 Å². The van der Waals surface area contributed by atoms with Gasteiger partial charge in [-0.25, -0.2) is 14.8 Å². The summed E-state index contributed by atoms with van der Waals surface area (Å²) >= 11 is 0. The minimum Gasteiger partial charge on any atom is -0.444 e. The highest BCUT2D eigenvalue weighted by atomic mass is 16.6. The van der Waals surface area contributed by atoms with Crippen LogP contribution in [0, 0.1) is 0 Å². The van der Waals surface area contributed by atoms with Crippen molar-refractivity contribution in [3.8, 4) is 0 Å². The molecule has 1 aliphatic rings. The number of rotatable bonds is 2. The number of piperidine rings is 1. The number of hydrogen-bond donors (Lipinski definition) is 0. The number of amides is 1. The van der Waals surface area contributed by atoms with Crippen LogP contribution in [0.5, 0.6) is 0 Å². The molecular formula is C16H25N3O2. The summed E-state index contributed by atoms with van der Waals surface area (Å²) in [6.45, 7) is 9.18. The van der Waals surface area contributed by atoms with Gasteiger partial charge in [-0.1, -0.05) is 6.92 Å². The van der Waals surface area contributed by atoms with Gasteiger partial charge in [-0.2, -0.15) is 0 Å². The number of aromatic nitrogens is 2. The molecule has 0 saturated carbocycles. The maximum Gasteiger partial charge on any atom is 0.410 e. The van der Waals surface area contributed by atoms with Gasteiger partial charge >= 0.3 is 6.09 Å². The molecule has 1 aromatic heterocycles. The van der Waals surface area contributed by atoms with Crippen molar-refractivity contribution in [1.82, 2.24) is 14.9 Å². The van der Waals surface area contributed by atoms with Gasteiger partial charge in [0.25, 0.3) is 0 Å². The van der Waals surface area contributed by atoms with Crippen LogP contribution in [0.4, 0.5) is 4.79 Å². The SMILES string of the molecule is CCc1ccnc(C2CCN(C(=O)OC(C)(C)C)CC2)n1. The minimum absolute atomic E-state index is 0.218. The molecule has 0 radical (unpaired) electrons. The fraction of sp³-hybridized carbons (Fsp3) is 0.688. The van der Waals surface area contributed by atoms with Crippen LogP contribution in [0.25, 0.3) is 0 Å². The van der Waals surface area contributed by atoms with Crippen LogP contribution in [0.15, 0.2) is 12.3 Å². The molecule has 2 heterocycles. The summed E-state index contributed by atoms with van der Waals surface area (Å²) in [7, 11) is 0. The third-order valence-corrected chi connectivity index (χ3v) is 3.61. The van der Waals surface area contributed by atoms with Crippen LogP contribution < -0.4 is 0 Å². The fourth-order valence-electron chi connectivity index (χ4n) is 2.45. The van der Waals surface area contributed by atoms with Crippen LogP contribution in [-0.4, -0.2) is 39.7 Å². The first-order valence-corrected chi connectivity index (χ1v) is 7.69. The van der Waals surface area contributed by atoms with Gasteiger partial charge < -0.3 is 9.64 Å². The second-order valence-electron chi connectivity index (χ2n) is 6.50. The quantitative estimate of drug-likeness (QED) is 0.840. The monoisotopic (exact) mass is 291 g/mol. The van der Waals surface area contributed by atoms with Gasteiger partial charge in [-0.15, -0.1) is 0 Å². The Morgan fingerprint density at radius 1 is 1.38 bits per heavy atom. The Morgan fingerprint density at radius 3 is 2.62 bits per heavy atom. The molecule has 1 amide bonds. The molecule has 5 heteroatoms. The average molecular weight is 291 g/mol. The lowest BCUT2D eigenvalue weighted by atomic mass is 9.96. The van der Waals surface area contributed by atoms with Gasteiger partial charge in [0.2, 0.25) is 0 Å². The average Bonchev–Trinajstić information content (AvgIpc) is 2.46. The van der Waals surface area contributed by atoms with E-state index in [1.165, 1.54) is 0 Å². The van der Waals surface area contributed by atoms with E-state index in [1.807, 2.05) is 33.0 Å². The van der Waals surface area contributed by atoms with Crippen LogP contribution in [0.3, 0.4) is 0 Å². The van der Waals surface area contributed by atoms with E-state index in [-0.39, 0.29) is 6.09 Å². The van der Waals surface area contributed by atoms with E-state index in [2.05, 4.69) is 16.9 Å². The molecule has 0 spiro atoms. The van der Waals surface area contributed by atoms with Crippen molar-refractivity contribution >= 4 is 6.09 Å². The van der Waals surface area contributed by atoms with E-state index in [9.17, 15) is 4.79 Å². The van der Waals surface area contributed by atoms with Crippen molar-refractivity contribution < 1.29 is 9.53 Å². The van der Waals surface area contributed by atoms with Crippen LogP contribution in [-0.2, 0) is 11.2 Å². The molecule has 1 aromatic rings. The Hall–Kier alpha value is -1.65. The Kier molecular flexibility index (Phi) is 4.80. The molecule has 0 N–H and O–H groups in total. The molecule has 0 unspecified atom stereocenters. The lowest BCUT2D eigenvalue weighted by Crippen LogP contribution is -2.41. The van der Waals surface area contributed by atoms with Crippen molar-refractivity contribution in [2.24, 2.45) is 0 Å². The molecule has 5 nitrogen and oxygen atoms in total. The summed E-state index contributed by atoms with van der Waals surface area (Å²) in [5.41, 5.74) is 0.640. The Labute approximate surface area is 126 Å². The molecule has 0 aliphatic carbocycles. The van der Waals surface area contributed by atoms with E-state index in [0.717, 1.165) is 30.8 Å². The maximum absolute atomic E-state index is 12.0. The molecule has 0 bridgehead atoms. The lowest BCUT2D eigenvalue weighted by molar-refractivity contribution is 0.0203. The third-order valence-electron chi connectivity index (χ3n) is 3.61. The van der Waals surface area contributed by atoms with E-state index < -0.39 is 5.60 Å². The molecule has 2 rings (SSSR count). The molecular weight excluding hydrogens is 266 g/mol. The molecule has 0 aromatic carbocycles. The molecule has 116 valence electrons. The van der Waals surface area contributed by atoms with Gasteiger partial charge in [0.15, 0.2) is 0 Å². The summed E-state index contributed by atoms with van der Waals surface area (Å²) in [6, 6.07) is 1.96. The largest absolute Gasteiger partial charge is 0.444 e. The van der Waals surface area contributed by atoms with Crippen molar-refractivity contribution in [3.63, 3.8) is 0 Å². The molecule has 21 heavy (non-hydrogen) atoms. The summed E-state index contributed by atoms with van der Waals surface area (Å²) in [5.74, 6) is 1.26. The lowest BCUT2D eigenvalue weighted by Gasteiger charge is -2.32. The summed E-state index contributed by atoms with van der Waals surface area (Å²) < 4.78 is 5.41. The first-order valence-electron chi connectivity index (χ1n) is 7.69. The second-order valence-corrected chi connectivity index (χ2v) is 6.50. The highest BCUT2D eigenvalue weighted by Gasteiger charge is 2.28. The number of aryl methyl sites for hydroxylation is 1. The van der Waals surface area contributed by atoms with Crippen LogP contribution in [0.1, 0.15) is 58.0 Å². The fourth-order valence-corrected chi connectivity index (χ4v) is 2.45. The van der Waals surface area contributed by atoms with Gasteiger partial charge in [0, 0.05) is 30.9 Å². The Bertz CT molecular complexity index is 489. The Balaban J connectivity index is 1.92. The normalized spacial score (nSPS) is 16.9. The maximum atomic E-state index is 12.0. The number of likely N-dealkylation sites (tertiary alicyclic amines) is 1. The molecule has 1 aliphatic heterocycles. The van der Waals surface area contributed by atoms with Crippen molar-refractivity contribution in [1.29, 1.82) is 0 Å². The van der Waals surface area contributed by atoms with Crippen LogP contribution in [0.2, 0.25) is 0 Å². The highest BCUT2D eigenvalue weighted by molar-refractivity contribution is 5.68. The summed E-state index contributed by atoms with van der Waals surface area (Å²) in [4.78, 5) is 22.8. The van der Waals surface area contributed by atoms with E-state index >= 15 is 0 Å². The van der Waals surface area contributed by atoms with Gasteiger partial charge in [0.05, 0.1) is 0 Å². The van der Waals surface area contributed by atoms with Gasteiger partial charge in [0.1, 0.15) is 11.4 Å². The molecule has 1 fully saturated rings. The van der Waals surface area contributed by atoms with Crippen LogP contribution >= 0.6 is 0 Å². The highest BCUT2D eigenvalue weighted by Crippen LogP contribution is 2.26. The summed E-state index contributed by atoms with van der Waals surface area (Å²) in [5, 5.41) is 0. The first-order chi connectivity index (χ1) is 9.89. The zero-order valence-corrected chi connectivity index (χ0v) is 13.4. The number of ether oxygens (including phenoxy) is 1. The Morgan fingerprint density at radius 2 is 2.05 bits per heavy atom. The van der Waals surface area contributed by atoms with E-state index in [4.69, 9.17) is 4.74 Å². The van der Waals surface area contributed by atoms with Gasteiger partial charge in [-0.05, 0) is 46.1 Å². The number of carbonyl (C=O) groups excluding carboxylic acids is 1. The van der Waals surface area contributed by atoms with Crippen molar-refractivity contribution in [2.75, 3.05) is 13.1 Å². The number of hydrogen-bond acceptors (Lipinski definition) is 4. The van der Waals surface area contributed by atoms with E-state index in [1.54, 1.807) is 4.90 Å². The third kappa shape index (κ3) is 4.41. The van der Waals surface area contributed by atoms with Gasteiger partial charge in [-0.3, -0.25) is 0 Å². The number of carbonyl (C=O) groups is 1. The molecule has 1 saturated heterocycles. The van der Waals surface area contributed by atoms with Crippen molar-refractivity contribution in [2.45, 2.75) is 58.5 Å². The number of nitrogens with zero attached hydrogens (tertiary/aromatic N) is 3. The zero-order chi connectivity index (χ0) is 15.5. The second kappa shape index (κ2) is 6.41. The minimum atomic E-state index is -0.438. The molecule has 0 atom stereocenters. The standard InChI is InChI=1S/C16H25N3O2/c1-5-13-6-9-17-14(18-13)12-7-10-19(11-8-12)15(20)21-16(2,3)4/h6,9,12H,5,7-8,10-11H2,1-4H3. The first kappa shape index (κ1) is 15.7. The topological polar surface area (TPSA) is 55.3 Å². The zero-order valence-electron chi connectivity index (χ0n) is 13.4. The smallest absolute Gasteiger partial charge is 0.410 e. The predicted octanol–water partition coefficient (Wildman–Crippen LogP) is 3.15.